The van der Waals surface area contributed by atoms with Crippen molar-refractivity contribution in [2.24, 2.45) is 0 Å². The maximum Gasteiger partial charge on any atom is 0.274 e. The van der Waals surface area contributed by atoms with E-state index in [1.54, 1.807) is 24.1 Å². The summed E-state index contributed by atoms with van der Waals surface area (Å²) in [6.07, 6.45) is 3.89. The van der Waals surface area contributed by atoms with Crippen LogP contribution in [0, 0.1) is 6.92 Å². The van der Waals surface area contributed by atoms with Gasteiger partial charge in [-0.2, -0.15) is 5.10 Å². The van der Waals surface area contributed by atoms with Crippen LogP contribution in [-0.2, 0) is 4.74 Å². The molecule has 0 bridgehead atoms. The summed E-state index contributed by atoms with van der Waals surface area (Å²) in [6, 6.07) is 7.64. The number of nitrogens with zero attached hydrogens (tertiary/aromatic N) is 3. The van der Waals surface area contributed by atoms with Gasteiger partial charge in [0.05, 0.1) is 13.2 Å². The molecule has 1 amide bonds. The number of likely N-dealkylation sites (tertiary alicyclic amines) is 1. The van der Waals surface area contributed by atoms with Crippen LogP contribution in [0.2, 0.25) is 0 Å². The number of hydrogen-bond donors (Lipinski definition) is 0. The molecule has 0 radical (unpaired) electrons. The van der Waals surface area contributed by atoms with Gasteiger partial charge in [-0.1, -0.05) is 6.07 Å². The highest BCUT2D eigenvalue weighted by Crippen LogP contribution is 2.24. The van der Waals surface area contributed by atoms with Gasteiger partial charge in [-0.25, -0.2) is 4.68 Å². The molecule has 0 spiro atoms. The van der Waals surface area contributed by atoms with E-state index in [9.17, 15) is 4.79 Å². The van der Waals surface area contributed by atoms with E-state index in [-0.39, 0.29) is 12.0 Å². The van der Waals surface area contributed by atoms with Crippen LogP contribution in [0.1, 0.15) is 35.8 Å². The monoisotopic (exact) mass is 343 g/mol. The second-order valence-electron chi connectivity index (χ2n) is 6.29. The lowest BCUT2D eigenvalue weighted by Crippen LogP contribution is -2.43. The van der Waals surface area contributed by atoms with Gasteiger partial charge in [0.15, 0.2) is 5.69 Å². The zero-order chi connectivity index (χ0) is 17.8. The summed E-state index contributed by atoms with van der Waals surface area (Å²) < 4.78 is 12.8. The molecule has 2 aromatic rings. The van der Waals surface area contributed by atoms with Crippen molar-refractivity contribution >= 4 is 5.91 Å². The molecular weight excluding hydrogens is 318 g/mol. The number of amides is 1. The minimum absolute atomic E-state index is 0.0465. The minimum atomic E-state index is -0.0465. The lowest BCUT2D eigenvalue weighted by atomic mass is 10.1. The van der Waals surface area contributed by atoms with Crippen molar-refractivity contribution in [1.29, 1.82) is 0 Å². The molecule has 25 heavy (non-hydrogen) atoms. The number of piperidine rings is 1. The molecule has 0 N–H and O–H groups in total. The van der Waals surface area contributed by atoms with Gasteiger partial charge < -0.3 is 14.4 Å². The van der Waals surface area contributed by atoms with E-state index in [1.165, 1.54) is 0 Å². The molecule has 0 aliphatic carbocycles. The number of hydrogen-bond acceptors (Lipinski definition) is 4. The van der Waals surface area contributed by atoms with Gasteiger partial charge in [0.1, 0.15) is 11.4 Å². The van der Waals surface area contributed by atoms with Crippen LogP contribution in [0.3, 0.4) is 0 Å². The summed E-state index contributed by atoms with van der Waals surface area (Å²) >= 11 is 0. The van der Waals surface area contributed by atoms with Gasteiger partial charge in [0, 0.05) is 25.9 Å². The van der Waals surface area contributed by atoms with Gasteiger partial charge in [0.2, 0.25) is 0 Å². The SMILES string of the molecule is CCO[C@@H]1CCCN(C(=O)c2ccn(-c3cc(C)ccc3OC)n2)C1. The number of carbonyl (C=O) groups excluding carboxylic acids is 1. The molecule has 1 fully saturated rings. The van der Waals surface area contributed by atoms with E-state index in [1.807, 2.05) is 36.9 Å². The van der Waals surface area contributed by atoms with E-state index in [2.05, 4.69) is 5.10 Å². The molecule has 3 rings (SSSR count). The van der Waals surface area contributed by atoms with Gasteiger partial charge >= 0.3 is 0 Å². The smallest absolute Gasteiger partial charge is 0.274 e. The van der Waals surface area contributed by atoms with E-state index >= 15 is 0 Å². The third-order valence-electron chi connectivity index (χ3n) is 4.46. The molecule has 134 valence electrons. The normalized spacial score (nSPS) is 17.6. The Morgan fingerprint density at radius 1 is 1.36 bits per heavy atom. The predicted molar refractivity (Wildman–Crippen MR) is 95.4 cm³/mol. The standard InChI is InChI=1S/C19H25N3O3/c1-4-25-15-6-5-10-21(13-15)19(23)16-9-11-22(20-16)17-12-14(2)7-8-18(17)24-3/h7-9,11-12,15H,4-6,10,13H2,1-3H3/t15-/m1/s1. The highest BCUT2D eigenvalue weighted by atomic mass is 16.5. The van der Waals surface area contributed by atoms with Crippen LogP contribution in [0.15, 0.2) is 30.5 Å². The molecule has 1 aliphatic rings. The van der Waals surface area contributed by atoms with Crippen molar-refractivity contribution in [3.05, 3.63) is 41.7 Å². The Labute approximate surface area is 148 Å². The highest BCUT2D eigenvalue weighted by molar-refractivity contribution is 5.92. The first-order valence-corrected chi connectivity index (χ1v) is 8.74. The largest absolute Gasteiger partial charge is 0.494 e. The molecule has 1 saturated heterocycles. The second-order valence-corrected chi connectivity index (χ2v) is 6.29. The van der Waals surface area contributed by atoms with Crippen LogP contribution in [0.5, 0.6) is 5.75 Å². The molecule has 6 nitrogen and oxygen atoms in total. The Kier molecular flexibility index (Phi) is 5.38. The molecule has 0 unspecified atom stereocenters. The molecule has 1 atom stereocenters. The average molecular weight is 343 g/mol. The number of rotatable bonds is 5. The summed E-state index contributed by atoms with van der Waals surface area (Å²) in [6.45, 7) is 6.06. The van der Waals surface area contributed by atoms with Crippen molar-refractivity contribution in [3.8, 4) is 11.4 Å². The third-order valence-corrected chi connectivity index (χ3v) is 4.46. The number of ether oxygens (including phenoxy) is 2. The maximum absolute atomic E-state index is 12.8. The highest BCUT2D eigenvalue weighted by Gasteiger charge is 2.26. The van der Waals surface area contributed by atoms with Crippen molar-refractivity contribution in [3.63, 3.8) is 0 Å². The van der Waals surface area contributed by atoms with Crippen LogP contribution in [-0.4, -0.2) is 53.5 Å². The lowest BCUT2D eigenvalue weighted by molar-refractivity contribution is 0.00702. The van der Waals surface area contributed by atoms with Gasteiger partial charge in [-0.05, 0) is 50.5 Å². The summed E-state index contributed by atoms with van der Waals surface area (Å²) in [7, 11) is 1.63. The number of aryl methyl sites for hydroxylation is 1. The molecule has 1 aromatic carbocycles. The van der Waals surface area contributed by atoms with Gasteiger partial charge in [0.25, 0.3) is 5.91 Å². The maximum atomic E-state index is 12.8. The summed E-state index contributed by atoms with van der Waals surface area (Å²) in [5.41, 5.74) is 2.38. The number of methoxy groups -OCH3 is 1. The predicted octanol–water partition coefficient (Wildman–Crippen LogP) is 2.83. The Balaban J connectivity index is 1.79. The minimum Gasteiger partial charge on any atom is -0.494 e. The molecule has 1 aromatic heterocycles. The number of benzene rings is 1. The van der Waals surface area contributed by atoms with Crippen molar-refractivity contribution in [2.45, 2.75) is 32.8 Å². The molecule has 0 saturated carbocycles. The van der Waals surface area contributed by atoms with Crippen LogP contribution in [0.4, 0.5) is 0 Å². The van der Waals surface area contributed by atoms with E-state index in [0.717, 1.165) is 36.4 Å². The van der Waals surface area contributed by atoms with E-state index in [0.29, 0.717) is 18.8 Å². The molecule has 1 aliphatic heterocycles. The van der Waals surface area contributed by atoms with Crippen molar-refractivity contribution in [1.82, 2.24) is 14.7 Å². The third kappa shape index (κ3) is 3.85. The first-order valence-electron chi connectivity index (χ1n) is 8.74. The Hall–Kier alpha value is -2.34. The van der Waals surface area contributed by atoms with Crippen molar-refractivity contribution in [2.75, 3.05) is 26.8 Å². The lowest BCUT2D eigenvalue weighted by Gasteiger charge is -2.32. The average Bonchev–Trinajstić information content (AvgIpc) is 3.11. The summed E-state index contributed by atoms with van der Waals surface area (Å²) in [5, 5.41) is 4.48. The molecule has 6 heteroatoms. The van der Waals surface area contributed by atoms with Gasteiger partial charge in [-0.15, -0.1) is 0 Å². The topological polar surface area (TPSA) is 56.6 Å². The summed E-state index contributed by atoms with van der Waals surface area (Å²) in [5.74, 6) is 0.678. The Bertz CT molecular complexity index is 739. The van der Waals surface area contributed by atoms with E-state index in [4.69, 9.17) is 9.47 Å². The molecule has 2 heterocycles. The zero-order valence-corrected chi connectivity index (χ0v) is 15.1. The zero-order valence-electron chi connectivity index (χ0n) is 15.1. The Morgan fingerprint density at radius 2 is 2.20 bits per heavy atom. The van der Waals surface area contributed by atoms with E-state index < -0.39 is 0 Å². The second kappa shape index (κ2) is 7.70. The fourth-order valence-electron chi connectivity index (χ4n) is 3.21. The fourth-order valence-corrected chi connectivity index (χ4v) is 3.21. The quantitative estimate of drug-likeness (QED) is 0.838. The fraction of sp³-hybridized carbons (Fsp3) is 0.474. The first kappa shape index (κ1) is 17.5. The van der Waals surface area contributed by atoms with Crippen molar-refractivity contribution < 1.29 is 14.3 Å². The van der Waals surface area contributed by atoms with Crippen LogP contribution in [0.25, 0.3) is 5.69 Å². The number of carbonyl (C=O) groups is 1. The number of aromatic nitrogens is 2. The molecular formula is C19H25N3O3. The first-order chi connectivity index (χ1) is 12.1. The van der Waals surface area contributed by atoms with Crippen LogP contribution >= 0.6 is 0 Å². The van der Waals surface area contributed by atoms with Gasteiger partial charge in [-0.3, -0.25) is 4.79 Å². The van der Waals surface area contributed by atoms with Crippen LogP contribution < -0.4 is 4.74 Å². The summed E-state index contributed by atoms with van der Waals surface area (Å²) in [4.78, 5) is 14.6. The Morgan fingerprint density at radius 3 is 2.96 bits per heavy atom.